The van der Waals surface area contributed by atoms with Gasteiger partial charge in [-0.25, -0.2) is 9.97 Å². The number of carboxylic acids is 1. The van der Waals surface area contributed by atoms with Gasteiger partial charge in [-0.15, -0.1) is 5.06 Å². The second-order valence-corrected chi connectivity index (χ2v) is 9.87. The van der Waals surface area contributed by atoms with Crippen molar-refractivity contribution in [2.75, 3.05) is 17.5 Å². The van der Waals surface area contributed by atoms with Crippen LogP contribution in [0.4, 0.5) is 10.8 Å². The van der Waals surface area contributed by atoms with Crippen LogP contribution in [0.3, 0.4) is 0 Å². The van der Waals surface area contributed by atoms with E-state index < -0.39 is 24.2 Å². The van der Waals surface area contributed by atoms with Gasteiger partial charge in [0.05, 0.1) is 29.1 Å². The van der Waals surface area contributed by atoms with Crippen molar-refractivity contribution in [3.05, 3.63) is 84.7 Å². The van der Waals surface area contributed by atoms with Gasteiger partial charge in [-0.2, -0.15) is 0 Å². The Morgan fingerprint density at radius 3 is 2.39 bits per heavy atom. The van der Waals surface area contributed by atoms with E-state index in [4.69, 9.17) is 9.57 Å². The van der Waals surface area contributed by atoms with Gasteiger partial charge in [0, 0.05) is 6.20 Å². The van der Waals surface area contributed by atoms with E-state index in [-0.39, 0.29) is 11.6 Å². The lowest BCUT2D eigenvalue weighted by molar-refractivity contribution is -0.136. The summed E-state index contributed by atoms with van der Waals surface area (Å²) in [4.78, 5) is 51.7. The molecule has 0 aliphatic rings. The number of carboxylic acid groups (broad SMARTS) is 1. The van der Waals surface area contributed by atoms with Crippen LogP contribution in [-0.2, 0) is 20.8 Å². The lowest BCUT2D eigenvalue weighted by Gasteiger charge is -2.23. The summed E-state index contributed by atoms with van der Waals surface area (Å²) in [6.45, 7) is 0. The molecule has 10 nitrogen and oxygen atoms in total. The van der Waals surface area contributed by atoms with Gasteiger partial charge >= 0.3 is 5.97 Å². The molecule has 0 aliphatic carbocycles. The van der Waals surface area contributed by atoms with Crippen molar-refractivity contribution in [1.82, 2.24) is 9.97 Å². The normalized spacial score (nSPS) is 10.4. The van der Waals surface area contributed by atoms with Crippen molar-refractivity contribution in [3.63, 3.8) is 0 Å². The fourth-order valence-corrected chi connectivity index (χ4v) is 5.28. The Morgan fingerprint density at radius 1 is 1.00 bits per heavy atom. The quantitative estimate of drug-likeness (QED) is 0.202. The standard InChI is InChI=1S/C26H22N4O6S2/c1-35-19-11-5-6-12-20(19)36-30(17-9-3-2-4-10-17)23(32)16-21(31)29-26-28-18(15-24(33)34)25(38-26)37-22-13-7-8-14-27-22/h2-14H,15-16H2,1H3,(H,33,34)(H,28,29,31). The van der Waals surface area contributed by atoms with E-state index in [0.717, 1.165) is 16.4 Å². The van der Waals surface area contributed by atoms with Crippen LogP contribution in [0.15, 0.2) is 88.2 Å². The highest BCUT2D eigenvalue weighted by molar-refractivity contribution is 8.01. The number of carbonyl (C=O) groups is 3. The third kappa shape index (κ3) is 7.08. The number of hydrogen-bond acceptors (Lipinski definition) is 9. The molecule has 0 bridgehead atoms. The Balaban J connectivity index is 1.50. The van der Waals surface area contributed by atoms with Gasteiger partial charge in [0.25, 0.3) is 5.91 Å². The highest BCUT2D eigenvalue weighted by Gasteiger charge is 2.24. The molecule has 4 rings (SSSR count). The number of methoxy groups -OCH3 is 1. The number of nitrogens with zero attached hydrogens (tertiary/aromatic N) is 3. The number of nitrogens with one attached hydrogen (secondary N) is 1. The van der Waals surface area contributed by atoms with E-state index >= 15 is 0 Å². The highest BCUT2D eigenvalue weighted by Crippen LogP contribution is 2.37. The number of aromatic nitrogens is 2. The summed E-state index contributed by atoms with van der Waals surface area (Å²) >= 11 is 2.36. The molecule has 0 saturated heterocycles. The topological polar surface area (TPSA) is 131 Å². The number of hydrogen-bond donors (Lipinski definition) is 2. The van der Waals surface area contributed by atoms with Crippen molar-refractivity contribution in [1.29, 1.82) is 0 Å². The van der Waals surface area contributed by atoms with Crippen molar-refractivity contribution in [2.45, 2.75) is 22.1 Å². The summed E-state index contributed by atoms with van der Waals surface area (Å²) in [5.41, 5.74) is 0.716. The van der Waals surface area contributed by atoms with Crippen LogP contribution >= 0.6 is 23.1 Å². The van der Waals surface area contributed by atoms with E-state index in [1.165, 1.54) is 18.9 Å². The van der Waals surface area contributed by atoms with Gasteiger partial charge in [-0.05, 0) is 36.4 Å². The van der Waals surface area contributed by atoms with Crippen LogP contribution in [0.1, 0.15) is 12.1 Å². The summed E-state index contributed by atoms with van der Waals surface area (Å²) in [5.74, 6) is -1.62. The molecule has 2 aromatic heterocycles. The molecule has 2 aromatic carbocycles. The first-order valence-corrected chi connectivity index (χ1v) is 12.9. The minimum Gasteiger partial charge on any atom is -0.493 e. The number of benzene rings is 2. The summed E-state index contributed by atoms with van der Waals surface area (Å²) in [7, 11) is 1.48. The van der Waals surface area contributed by atoms with Gasteiger partial charge in [-0.1, -0.05) is 59.5 Å². The van der Waals surface area contributed by atoms with E-state index in [0.29, 0.717) is 32.1 Å². The fourth-order valence-electron chi connectivity index (χ4n) is 3.20. The Labute approximate surface area is 226 Å². The lowest BCUT2D eigenvalue weighted by Crippen LogP contribution is -2.36. The van der Waals surface area contributed by atoms with Crippen molar-refractivity contribution < 1.29 is 29.1 Å². The number of rotatable bonds is 11. The SMILES string of the molecule is COc1ccccc1ON(C(=O)CC(=O)Nc1nc(CC(=O)O)c(Sc2ccccn2)s1)c1ccccc1. The van der Waals surface area contributed by atoms with Crippen LogP contribution in [0.2, 0.25) is 0 Å². The van der Waals surface area contributed by atoms with E-state index in [2.05, 4.69) is 15.3 Å². The monoisotopic (exact) mass is 550 g/mol. The molecular formula is C26H22N4O6S2. The molecule has 0 radical (unpaired) electrons. The maximum atomic E-state index is 13.2. The second kappa shape index (κ2) is 12.7. The second-order valence-electron chi connectivity index (χ2n) is 7.58. The highest BCUT2D eigenvalue weighted by atomic mass is 32.2. The average molecular weight is 551 g/mol. The molecule has 2 amide bonds. The number of pyridine rings is 1. The minimum atomic E-state index is -1.06. The van der Waals surface area contributed by atoms with Crippen LogP contribution in [-0.4, -0.2) is 40.0 Å². The van der Waals surface area contributed by atoms with Gasteiger partial charge in [0.2, 0.25) is 5.91 Å². The average Bonchev–Trinajstić information content (AvgIpc) is 3.27. The number of carbonyl (C=O) groups excluding carboxylic acids is 2. The summed E-state index contributed by atoms with van der Waals surface area (Å²) in [6, 6.07) is 20.8. The predicted molar refractivity (Wildman–Crippen MR) is 143 cm³/mol. The molecule has 2 N–H and O–H groups in total. The minimum absolute atomic E-state index is 0.175. The number of hydroxylamine groups is 1. The first-order chi connectivity index (χ1) is 18.4. The summed E-state index contributed by atoms with van der Waals surface area (Å²) < 4.78 is 5.89. The molecule has 194 valence electrons. The largest absolute Gasteiger partial charge is 0.493 e. The van der Waals surface area contributed by atoms with Crippen molar-refractivity contribution in [2.24, 2.45) is 0 Å². The molecule has 0 atom stereocenters. The van der Waals surface area contributed by atoms with Crippen molar-refractivity contribution in [3.8, 4) is 11.5 Å². The van der Waals surface area contributed by atoms with E-state index in [1.807, 2.05) is 6.07 Å². The van der Waals surface area contributed by atoms with Gasteiger partial charge in [0.1, 0.15) is 11.4 Å². The van der Waals surface area contributed by atoms with Crippen LogP contribution in [0, 0.1) is 0 Å². The maximum Gasteiger partial charge on any atom is 0.309 e. The molecule has 0 unspecified atom stereocenters. The number of anilines is 2. The number of thiazole rings is 1. The summed E-state index contributed by atoms with van der Waals surface area (Å²) in [6.07, 6.45) is 0.746. The van der Waals surface area contributed by atoms with E-state index in [1.54, 1.807) is 72.9 Å². The smallest absolute Gasteiger partial charge is 0.309 e. The third-order valence-electron chi connectivity index (χ3n) is 4.85. The zero-order valence-corrected chi connectivity index (χ0v) is 21.7. The Kier molecular flexibility index (Phi) is 8.90. The maximum absolute atomic E-state index is 13.2. The van der Waals surface area contributed by atoms with Gasteiger partial charge < -0.3 is 20.0 Å². The molecule has 0 spiro atoms. The van der Waals surface area contributed by atoms with E-state index in [9.17, 15) is 19.5 Å². The number of amides is 2. The number of para-hydroxylation sites is 3. The Morgan fingerprint density at radius 2 is 1.71 bits per heavy atom. The molecule has 38 heavy (non-hydrogen) atoms. The van der Waals surface area contributed by atoms with Crippen molar-refractivity contribution >= 4 is 51.7 Å². The van der Waals surface area contributed by atoms with Crippen LogP contribution < -0.4 is 20.0 Å². The van der Waals surface area contributed by atoms with Crippen LogP contribution in [0.5, 0.6) is 11.5 Å². The Bertz CT molecular complexity index is 1420. The first-order valence-electron chi connectivity index (χ1n) is 11.2. The lowest BCUT2D eigenvalue weighted by atomic mass is 10.3. The third-order valence-corrected chi connectivity index (χ3v) is 7.03. The first kappa shape index (κ1) is 26.6. The zero-order chi connectivity index (χ0) is 26.9. The zero-order valence-electron chi connectivity index (χ0n) is 20.1. The summed E-state index contributed by atoms with van der Waals surface area (Å²) in [5, 5.41) is 13.7. The number of aliphatic carboxylic acids is 1. The molecule has 2 heterocycles. The molecular weight excluding hydrogens is 528 g/mol. The van der Waals surface area contributed by atoms with Gasteiger partial charge in [0.15, 0.2) is 16.6 Å². The van der Waals surface area contributed by atoms with Gasteiger partial charge in [-0.3, -0.25) is 14.4 Å². The fraction of sp³-hybridized carbons (Fsp3) is 0.115. The Hall–Kier alpha value is -4.42. The van der Waals surface area contributed by atoms with Crippen LogP contribution in [0.25, 0.3) is 0 Å². The molecule has 12 heteroatoms. The molecule has 4 aromatic rings. The predicted octanol–water partition coefficient (Wildman–Crippen LogP) is 4.68. The molecule has 0 saturated carbocycles. The molecule has 0 fully saturated rings. The molecule has 0 aliphatic heterocycles. The number of ether oxygens (including phenoxy) is 1.